The fraction of sp³-hybridized carbons (Fsp3) is 0.861. The number of Topliss-reactive ketones (excluding diaryl/α,β-unsaturated/α-hetero) is 1. The monoisotopic (exact) mass is 718 g/mol. The Morgan fingerprint density at radius 1 is 0.980 bits per heavy atom. The Bertz CT molecular complexity index is 1870. The highest BCUT2D eigenvalue weighted by molar-refractivity contribution is 7.92. The number of carbonyl (C=O) groups is 5. The van der Waals surface area contributed by atoms with E-state index < -0.39 is 122 Å². The third-order valence-electron chi connectivity index (χ3n) is 9.94. The number of amides is 5. The van der Waals surface area contributed by atoms with Crippen molar-refractivity contribution in [2.24, 2.45) is 22.7 Å². The van der Waals surface area contributed by atoms with E-state index in [9.17, 15) is 32.4 Å². The summed E-state index contributed by atoms with van der Waals surface area (Å²) in [5.74, 6) is -6.47. The maximum Gasteiger partial charge on any atom is 0.315 e. The molecule has 278 valence electrons. The average Bonchev–Trinajstić information content (AvgIpc) is 3.93. The van der Waals surface area contributed by atoms with Crippen LogP contribution in [0.4, 0.5) is 4.79 Å². The molecule has 13 heteroatoms. The van der Waals surface area contributed by atoms with Gasteiger partial charge in [-0.1, -0.05) is 73.5 Å². The number of nitrogens with one attached hydrogen (secondary N) is 4. The molecule has 4 rings (SSSR count). The summed E-state index contributed by atoms with van der Waals surface area (Å²) in [6.07, 6.45) is -17.9. The number of piperidine rings is 1. The van der Waals surface area contributed by atoms with Gasteiger partial charge in [0.2, 0.25) is 17.6 Å². The predicted molar refractivity (Wildman–Crippen MR) is 188 cm³/mol. The van der Waals surface area contributed by atoms with Gasteiger partial charge in [-0.3, -0.25) is 19.2 Å². The lowest BCUT2D eigenvalue weighted by Gasteiger charge is -2.41. The molecule has 0 radical (unpaired) electrons. The van der Waals surface area contributed by atoms with E-state index in [0.29, 0.717) is 25.7 Å². The van der Waals surface area contributed by atoms with Crippen LogP contribution in [-0.4, -0.2) is 89.6 Å². The fourth-order valence-electron chi connectivity index (χ4n) is 6.42. The minimum Gasteiger partial charge on any atom is -0.347 e. The zero-order chi connectivity index (χ0) is 46.6. The summed E-state index contributed by atoms with van der Waals surface area (Å²) in [6.45, 7) is 13.5. The smallest absolute Gasteiger partial charge is 0.315 e. The molecule has 5 amide bonds. The minimum absolute atomic E-state index is 0.0328. The second kappa shape index (κ2) is 14.1. The van der Waals surface area contributed by atoms with Crippen LogP contribution in [-0.2, 0) is 29.0 Å². The van der Waals surface area contributed by atoms with Crippen molar-refractivity contribution in [3.63, 3.8) is 0 Å². The summed E-state index contributed by atoms with van der Waals surface area (Å²) >= 11 is 0. The van der Waals surface area contributed by atoms with Gasteiger partial charge in [-0.25, -0.2) is 13.2 Å². The van der Waals surface area contributed by atoms with Gasteiger partial charge in [-0.2, -0.15) is 0 Å². The van der Waals surface area contributed by atoms with Crippen molar-refractivity contribution in [2.75, 3.05) is 12.3 Å². The minimum atomic E-state index is -4.79. The molecule has 0 spiro atoms. The van der Waals surface area contributed by atoms with Gasteiger partial charge in [-0.05, 0) is 75.4 Å². The molecule has 0 aromatic carbocycles. The van der Waals surface area contributed by atoms with E-state index in [2.05, 4.69) is 16.0 Å². The second-order valence-corrected chi connectivity index (χ2v) is 19.1. The van der Waals surface area contributed by atoms with Crippen LogP contribution in [0.2, 0.25) is 0 Å². The Labute approximate surface area is 308 Å². The van der Waals surface area contributed by atoms with E-state index in [-0.39, 0.29) is 24.9 Å². The van der Waals surface area contributed by atoms with E-state index in [4.69, 9.17) is 15.1 Å². The molecule has 0 unspecified atom stereocenters. The van der Waals surface area contributed by atoms with Gasteiger partial charge >= 0.3 is 6.03 Å². The molecule has 0 aromatic heterocycles. The number of likely N-dealkylation sites (tertiary alicyclic amines) is 1. The summed E-state index contributed by atoms with van der Waals surface area (Å²) in [5, 5.41) is 9.27. The number of hydrogen-bond acceptors (Lipinski definition) is 7. The van der Waals surface area contributed by atoms with Gasteiger partial charge in [0, 0.05) is 26.3 Å². The molecule has 4 aliphatic rings. The van der Waals surface area contributed by atoms with Crippen molar-refractivity contribution in [3.8, 4) is 0 Å². The number of urea groups is 1. The quantitative estimate of drug-likeness (QED) is 0.211. The maximum absolute atomic E-state index is 14.7. The van der Waals surface area contributed by atoms with E-state index in [1.807, 2.05) is 19.2 Å². The maximum atomic E-state index is 14.7. The van der Waals surface area contributed by atoms with Crippen molar-refractivity contribution in [2.45, 2.75) is 161 Å². The van der Waals surface area contributed by atoms with Gasteiger partial charge in [-0.15, -0.1) is 0 Å². The number of ketones is 1. The van der Waals surface area contributed by atoms with Crippen LogP contribution in [0.1, 0.15) is 141 Å². The van der Waals surface area contributed by atoms with Gasteiger partial charge in [0.25, 0.3) is 5.91 Å². The number of hydrogen-bond donors (Lipinski definition) is 4. The van der Waals surface area contributed by atoms with Crippen LogP contribution in [0.25, 0.3) is 0 Å². The first-order chi connectivity index (χ1) is 26.7. The lowest BCUT2D eigenvalue weighted by molar-refractivity contribution is -0.145. The van der Waals surface area contributed by atoms with Crippen molar-refractivity contribution in [1.82, 2.24) is 26.2 Å². The summed E-state index contributed by atoms with van der Waals surface area (Å²) in [7, 11) is -4.79. The molecule has 1 saturated heterocycles. The number of carbonyl (C=O) groups excluding carboxylic acids is 5. The normalized spacial score (nSPS) is 34.8. The van der Waals surface area contributed by atoms with Gasteiger partial charge in [0.15, 0.2) is 9.84 Å². The van der Waals surface area contributed by atoms with Gasteiger partial charge in [0.1, 0.15) is 12.1 Å². The van der Waals surface area contributed by atoms with E-state index in [1.54, 1.807) is 6.92 Å². The Hall–Kier alpha value is -2.70. The van der Waals surface area contributed by atoms with Crippen molar-refractivity contribution >= 4 is 39.4 Å². The number of sulfone groups is 1. The first-order valence-corrected chi connectivity index (χ1v) is 18.6. The highest BCUT2D eigenvalue weighted by Gasteiger charge is 2.70. The standard InChI is InChI=1S/C36H61N5O7S/c1-10-11-15-24(27(42)30(44)37-22-16-17-22)38-29(43)26-25-23(35(25,8)9)20-41(26)31(45)28(33(2,3)4)39-32(46)40-36(18-13-12-14-19-36)21-49(47,48)34(5,6)7/h22-26,28H,10-21H2,1-9H3,(H,37,44)(H,38,43)(H2,39,40,46)/t23-,24+,25-,26-,28+/m0/s1/i12D2,13D2,14D2,18D2,19D2,24D. The van der Waals surface area contributed by atoms with E-state index in [1.165, 1.54) is 41.5 Å². The van der Waals surface area contributed by atoms with Crippen molar-refractivity contribution in [3.05, 3.63) is 0 Å². The number of unbranched alkanes of at least 4 members (excludes halogenated alkanes) is 1. The zero-order valence-corrected chi connectivity index (χ0v) is 30.9. The van der Waals surface area contributed by atoms with Gasteiger partial charge < -0.3 is 26.2 Å². The van der Waals surface area contributed by atoms with Crippen molar-refractivity contribution in [1.29, 1.82) is 0 Å². The van der Waals surface area contributed by atoms with Crippen LogP contribution in [0.3, 0.4) is 0 Å². The highest BCUT2D eigenvalue weighted by atomic mass is 32.2. The lowest BCUT2D eigenvalue weighted by atomic mass is 9.83. The lowest BCUT2D eigenvalue weighted by Crippen LogP contribution is -2.64. The SMILES string of the molecule is [2H]C1([2H])C([2H])([2H])C([2H])([2H])C(CS(=O)(=O)C(C)(C)C)(NC(=O)N[C@H](C(=O)N2C[C@H]3[C@@H]([C@H]2C(=O)N[C@]([2H])(CCCC)C(=O)C(=O)NC2CC2)C3(C)C)C(C)(C)C)C([2H])([2H])C1([2H])[2H]. The van der Waals surface area contributed by atoms with Crippen LogP contribution in [0.5, 0.6) is 0 Å². The van der Waals surface area contributed by atoms with E-state index >= 15 is 0 Å². The molecule has 1 aliphatic heterocycles. The van der Waals surface area contributed by atoms with Crippen LogP contribution in [0, 0.1) is 22.7 Å². The van der Waals surface area contributed by atoms with Crippen LogP contribution >= 0.6 is 0 Å². The molecule has 5 atom stereocenters. The molecule has 12 nitrogen and oxygen atoms in total. The Balaban J connectivity index is 1.76. The summed E-state index contributed by atoms with van der Waals surface area (Å²) in [5.41, 5.74) is -5.45. The van der Waals surface area contributed by atoms with E-state index in [0.717, 1.165) is 4.90 Å². The van der Waals surface area contributed by atoms with Gasteiger partial charge in [0.05, 0.1) is 23.4 Å². The molecular formula is C36H61N5O7S. The molecule has 3 saturated carbocycles. The Kier molecular flexibility index (Phi) is 7.54. The third-order valence-corrected chi connectivity index (χ3v) is 12.6. The summed E-state index contributed by atoms with van der Waals surface area (Å²) < 4.78 is 121. The number of nitrogens with zero attached hydrogens (tertiary/aromatic N) is 1. The molecule has 49 heavy (non-hydrogen) atoms. The molecule has 3 aliphatic carbocycles. The topological polar surface area (TPSA) is 171 Å². The predicted octanol–water partition coefficient (Wildman–Crippen LogP) is 3.62. The highest BCUT2D eigenvalue weighted by Crippen LogP contribution is 2.65. The number of rotatable bonds is 13. The molecule has 0 aromatic rings. The summed E-state index contributed by atoms with van der Waals surface area (Å²) in [6, 6.07) is -7.20. The van der Waals surface area contributed by atoms with Crippen LogP contribution < -0.4 is 21.3 Å². The molecule has 4 fully saturated rings. The Morgan fingerprint density at radius 3 is 2.12 bits per heavy atom. The van der Waals surface area contributed by atoms with Crippen LogP contribution in [0.15, 0.2) is 0 Å². The molecule has 0 bridgehead atoms. The first-order valence-electron chi connectivity index (χ1n) is 22.5. The zero-order valence-electron chi connectivity index (χ0n) is 41.0. The molecular weight excluding hydrogens is 646 g/mol. The fourth-order valence-corrected chi connectivity index (χ4v) is 7.64. The largest absolute Gasteiger partial charge is 0.347 e. The molecule has 1 heterocycles. The summed E-state index contributed by atoms with van der Waals surface area (Å²) in [4.78, 5) is 70.7. The molecule has 4 N–H and O–H groups in total. The first kappa shape index (κ1) is 26.1. The Morgan fingerprint density at radius 2 is 1.59 bits per heavy atom. The number of fused-ring (bicyclic) bond motifs is 1. The van der Waals surface area contributed by atoms with Crippen molar-refractivity contribution < 1.29 is 47.5 Å². The third kappa shape index (κ3) is 8.79. The average molecular weight is 719 g/mol. The second-order valence-electron chi connectivity index (χ2n) is 16.3.